The normalized spacial score (nSPS) is 10.5. The molecule has 0 spiro atoms. The number of amides is 1. The lowest BCUT2D eigenvalue weighted by Gasteiger charge is -2.11. The van der Waals surface area contributed by atoms with E-state index in [1.165, 1.54) is 30.3 Å². The summed E-state index contributed by atoms with van der Waals surface area (Å²) in [4.78, 5) is 12.0. The first-order valence-electron chi connectivity index (χ1n) is 5.87. The third kappa shape index (κ3) is 3.88. The number of nitrogens with one attached hydrogen (secondary N) is 1. The Morgan fingerprint density at radius 1 is 1.19 bits per heavy atom. The molecule has 0 aliphatic rings. The molecule has 0 radical (unpaired) electrons. The Balaban J connectivity index is 2.24. The van der Waals surface area contributed by atoms with E-state index in [1.807, 2.05) is 0 Å². The molecule has 2 aromatic carbocycles. The minimum absolute atomic E-state index is 0.0966. The molecule has 0 aliphatic heterocycles. The SMILES string of the molecule is Nc1cc(F)cc(NC(=O)c2ccccc2OC(F)F)c1. The van der Waals surface area contributed by atoms with Gasteiger partial charge in [0, 0.05) is 11.4 Å². The van der Waals surface area contributed by atoms with E-state index in [1.54, 1.807) is 0 Å². The molecule has 0 heterocycles. The van der Waals surface area contributed by atoms with Crippen molar-refractivity contribution >= 4 is 17.3 Å². The minimum Gasteiger partial charge on any atom is -0.434 e. The predicted molar refractivity (Wildman–Crippen MR) is 71.8 cm³/mol. The molecule has 0 bridgehead atoms. The summed E-state index contributed by atoms with van der Waals surface area (Å²) in [5, 5.41) is 2.37. The van der Waals surface area contributed by atoms with Gasteiger partial charge in [-0.1, -0.05) is 12.1 Å². The maximum atomic E-state index is 13.2. The standard InChI is InChI=1S/C14H11F3N2O2/c15-8-5-9(18)7-10(6-8)19-13(20)11-3-1-2-4-12(11)21-14(16)17/h1-7,14H,18H2,(H,19,20). The molecule has 2 aromatic rings. The van der Waals surface area contributed by atoms with Crippen LogP contribution in [0.15, 0.2) is 42.5 Å². The van der Waals surface area contributed by atoms with Gasteiger partial charge in [-0.3, -0.25) is 4.79 Å². The molecule has 21 heavy (non-hydrogen) atoms. The molecule has 0 fully saturated rings. The second kappa shape index (κ2) is 6.17. The summed E-state index contributed by atoms with van der Waals surface area (Å²) in [5.74, 6) is -1.60. The third-order valence-corrected chi connectivity index (χ3v) is 2.53. The van der Waals surface area contributed by atoms with Gasteiger partial charge in [-0.15, -0.1) is 0 Å². The van der Waals surface area contributed by atoms with Crippen LogP contribution < -0.4 is 15.8 Å². The zero-order chi connectivity index (χ0) is 15.4. The van der Waals surface area contributed by atoms with Crippen LogP contribution in [0.5, 0.6) is 5.75 Å². The van der Waals surface area contributed by atoms with Crippen LogP contribution in [0.1, 0.15) is 10.4 Å². The Hall–Kier alpha value is -2.70. The number of alkyl halides is 2. The average Bonchev–Trinajstić information content (AvgIpc) is 2.37. The van der Waals surface area contributed by atoms with Gasteiger partial charge in [0.2, 0.25) is 0 Å². The molecule has 0 saturated heterocycles. The molecular weight excluding hydrogens is 285 g/mol. The van der Waals surface area contributed by atoms with Gasteiger partial charge < -0.3 is 15.8 Å². The van der Waals surface area contributed by atoms with Crippen molar-refractivity contribution in [3.05, 3.63) is 53.8 Å². The van der Waals surface area contributed by atoms with Crippen molar-refractivity contribution in [2.45, 2.75) is 6.61 Å². The van der Waals surface area contributed by atoms with Crippen LogP contribution in [0.4, 0.5) is 24.5 Å². The van der Waals surface area contributed by atoms with E-state index in [2.05, 4.69) is 10.1 Å². The molecule has 0 aliphatic carbocycles. The van der Waals surface area contributed by atoms with E-state index in [0.717, 1.165) is 12.1 Å². The van der Waals surface area contributed by atoms with Crippen molar-refractivity contribution in [1.29, 1.82) is 0 Å². The third-order valence-electron chi connectivity index (χ3n) is 2.53. The number of para-hydroxylation sites is 1. The number of carbonyl (C=O) groups is 1. The number of hydrogen-bond acceptors (Lipinski definition) is 3. The van der Waals surface area contributed by atoms with Crippen LogP contribution in [-0.2, 0) is 0 Å². The van der Waals surface area contributed by atoms with Crippen LogP contribution in [0.2, 0.25) is 0 Å². The maximum Gasteiger partial charge on any atom is 0.387 e. The van der Waals surface area contributed by atoms with Crippen molar-refractivity contribution in [2.75, 3.05) is 11.1 Å². The summed E-state index contributed by atoms with van der Waals surface area (Å²) >= 11 is 0. The number of benzene rings is 2. The van der Waals surface area contributed by atoms with Gasteiger partial charge in [0.15, 0.2) is 0 Å². The second-order valence-corrected chi connectivity index (χ2v) is 4.10. The Labute approximate surface area is 118 Å². The van der Waals surface area contributed by atoms with Gasteiger partial charge in [-0.2, -0.15) is 8.78 Å². The van der Waals surface area contributed by atoms with E-state index in [-0.39, 0.29) is 22.7 Å². The number of carbonyl (C=O) groups excluding carboxylic acids is 1. The first-order chi connectivity index (χ1) is 9.95. The van der Waals surface area contributed by atoms with Crippen LogP contribution >= 0.6 is 0 Å². The number of ether oxygens (including phenoxy) is 1. The molecule has 3 N–H and O–H groups in total. The van der Waals surface area contributed by atoms with Gasteiger partial charge in [-0.05, 0) is 30.3 Å². The highest BCUT2D eigenvalue weighted by Gasteiger charge is 2.15. The summed E-state index contributed by atoms with van der Waals surface area (Å²) in [7, 11) is 0. The van der Waals surface area contributed by atoms with E-state index in [9.17, 15) is 18.0 Å². The summed E-state index contributed by atoms with van der Waals surface area (Å²) in [6.45, 7) is -3.05. The maximum absolute atomic E-state index is 13.2. The molecule has 0 unspecified atom stereocenters. The molecule has 1 amide bonds. The molecule has 0 saturated carbocycles. The quantitative estimate of drug-likeness (QED) is 0.851. The predicted octanol–water partition coefficient (Wildman–Crippen LogP) is 3.26. The Morgan fingerprint density at radius 2 is 1.90 bits per heavy atom. The molecule has 7 heteroatoms. The molecule has 110 valence electrons. The van der Waals surface area contributed by atoms with Crippen LogP contribution in [-0.4, -0.2) is 12.5 Å². The number of anilines is 2. The number of halogens is 3. The molecule has 0 atom stereocenters. The summed E-state index contributed by atoms with van der Waals surface area (Å²) in [5.41, 5.74) is 5.60. The fourth-order valence-electron chi connectivity index (χ4n) is 1.74. The largest absolute Gasteiger partial charge is 0.434 e. The number of hydrogen-bond donors (Lipinski definition) is 2. The minimum atomic E-state index is -3.05. The Kier molecular flexibility index (Phi) is 4.32. The smallest absolute Gasteiger partial charge is 0.387 e. The topological polar surface area (TPSA) is 64.3 Å². The lowest BCUT2D eigenvalue weighted by atomic mass is 10.2. The van der Waals surface area contributed by atoms with Gasteiger partial charge in [-0.25, -0.2) is 4.39 Å². The zero-order valence-electron chi connectivity index (χ0n) is 10.6. The van der Waals surface area contributed by atoms with E-state index in [4.69, 9.17) is 5.73 Å². The lowest BCUT2D eigenvalue weighted by Crippen LogP contribution is -2.15. The van der Waals surface area contributed by atoms with Crippen molar-refractivity contribution < 1.29 is 22.7 Å². The Bertz CT molecular complexity index is 642. The number of rotatable bonds is 4. The fourth-order valence-corrected chi connectivity index (χ4v) is 1.74. The highest BCUT2D eigenvalue weighted by Crippen LogP contribution is 2.22. The molecule has 2 rings (SSSR count). The van der Waals surface area contributed by atoms with Gasteiger partial charge >= 0.3 is 6.61 Å². The molecular formula is C14H11F3N2O2. The van der Waals surface area contributed by atoms with E-state index < -0.39 is 18.3 Å². The molecule has 4 nitrogen and oxygen atoms in total. The van der Waals surface area contributed by atoms with Crippen LogP contribution in [0.25, 0.3) is 0 Å². The van der Waals surface area contributed by atoms with Crippen LogP contribution in [0.3, 0.4) is 0 Å². The van der Waals surface area contributed by atoms with Crippen molar-refractivity contribution in [2.24, 2.45) is 0 Å². The van der Waals surface area contributed by atoms with Crippen LogP contribution in [0, 0.1) is 5.82 Å². The highest BCUT2D eigenvalue weighted by molar-refractivity contribution is 6.06. The lowest BCUT2D eigenvalue weighted by molar-refractivity contribution is -0.0501. The van der Waals surface area contributed by atoms with Crippen molar-refractivity contribution in [3.8, 4) is 5.75 Å². The van der Waals surface area contributed by atoms with Gasteiger partial charge in [0.25, 0.3) is 5.91 Å². The number of nitrogen functional groups attached to an aromatic ring is 1. The second-order valence-electron chi connectivity index (χ2n) is 4.10. The summed E-state index contributed by atoms with van der Waals surface area (Å²) in [6, 6.07) is 8.99. The summed E-state index contributed by atoms with van der Waals surface area (Å²) in [6.07, 6.45) is 0. The number of nitrogens with two attached hydrogens (primary N) is 1. The monoisotopic (exact) mass is 296 g/mol. The van der Waals surface area contributed by atoms with Crippen molar-refractivity contribution in [1.82, 2.24) is 0 Å². The Morgan fingerprint density at radius 3 is 2.57 bits per heavy atom. The highest BCUT2D eigenvalue weighted by atomic mass is 19.3. The fraction of sp³-hybridized carbons (Fsp3) is 0.0714. The first-order valence-corrected chi connectivity index (χ1v) is 5.87. The zero-order valence-corrected chi connectivity index (χ0v) is 10.6. The van der Waals surface area contributed by atoms with E-state index >= 15 is 0 Å². The molecule has 0 aromatic heterocycles. The first kappa shape index (κ1) is 14.7. The average molecular weight is 296 g/mol. The van der Waals surface area contributed by atoms with Crippen molar-refractivity contribution in [3.63, 3.8) is 0 Å². The summed E-state index contributed by atoms with van der Waals surface area (Å²) < 4.78 is 42.0. The van der Waals surface area contributed by atoms with E-state index in [0.29, 0.717) is 0 Å². The van der Waals surface area contributed by atoms with Gasteiger partial charge in [0.05, 0.1) is 5.56 Å². The van der Waals surface area contributed by atoms with Gasteiger partial charge in [0.1, 0.15) is 11.6 Å².